The topological polar surface area (TPSA) is 40.5 Å². The van der Waals surface area contributed by atoms with E-state index in [-0.39, 0.29) is 11.8 Å². The molecule has 1 heterocycles. The number of nitrogens with zero attached hydrogens (tertiary/aromatic N) is 1. The summed E-state index contributed by atoms with van der Waals surface area (Å²) in [4.78, 5) is 13.1. The van der Waals surface area contributed by atoms with Crippen molar-refractivity contribution in [1.82, 2.24) is 4.90 Å². The maximum atomic E-state index is 11.4. The first-order valence-electron chi connectivity index (χ1n) is 5.10. The van der Waals surface area contributed by atoms with Gasteiger partial charge in [-0.25, -0.2) is 0 Å². The van der Waals surface area contributed by atoms with Gasteiger partial charge >= 0.3 is 0 Å². The highest BCUT2D eigenvalue weighted by Crippen LogP contribution is 2.06. The third-order valence-corrected chi connectivity index (χ3v) is 2.35. The molecule has 1 aliphatic heterocycles. The van der Waals surface area contributed by atoms with Crippen molar-refractivity contribution in [2.75, 3.05) is 13.1 Å². The van der Waals surface area contributed by atoms with E-state index >= 15 is 0 Å². The minimum atomic E-state index is -0.693. The Morgan fingerprint density at radius 3 is 2.43 bits per heavy atom. The molecule has 0 aromatic heterocycles. The van der Waals surface area contributed by atoms with Gasteiger partial charge in [0, 0.05) is 13.1 Å². The van der Waals surface area contributed by atoms with Crippen molar-refractivity contribution in [1.29, 1.82) is 0 Å². The van der Waals surface area contributed by atoms with E-state index in [4.69, 9.17) is 0 Å². The molecule has 1 amide bonds. The Labute approximate surface area is 85.1 Å². The summed E-state index contributed by atoms with van der Waals surface area (Å²) in [6.45, 7) is 5.37. The quantitative estimate of drug-likeness (QED) is 0.623. The van der Waals surface area contributed by atoms with Gasteiger partial charge in [-0.15, -0.1) is 0 Å². The Morgan fingerprint density at radius 1 is 1.36 bits per heavy atom. The lowest BCUT2D eigenvalue weighted by atomic mass is 10.1. The molecule has 14 heavy (non-hydrogen) atoms. The third kappa shape index (κ3) is 3.04. The predicted molar refractivity (Wildman–Crippen MR) is 54.4 cm³/mol. The molecule has 1 fully saturated rings. The number of likely N-dealkylation sites (tertiary alicyclic amines) is 1. The molecular weight excluding hydrogens is 178 g/mol. The average molecular weight is 195 g/mol. The maximum absolute atomic E-state index is 11.4. The summed E-state index contributed by atoms with van der Waals surface area (Å²) in [5.41, 5.74) is 0. The molecule has 1 atom stereocenters. The van der Waals surface area contributed by atoms with Gasteiger partial charge in [0.2, 0.25) is 0 Å². The summed E-state index contributed by atoms with van der Waals surface area (Å²) < 4.78 is 0. The zero-order valence-corrected chi connectivity index (χ0v) is 8.79. The fourth-order valence-corrected chi connectivity index (χ4v) is 1.30. The predicted octanol–water partition coefficient (Wildman–Crippen LogP) is 0.629. The van der Waals surface area contributed by atoms with Crippen LogP contribution in [0.25, 0.3) is 0 Å². The summed E-state index contributed by atoms with van der Waals surface area (Å²) in [5.74, 6) is 4.99. The molecule has 1 saturated heterocycles. The van der Waals surface area contributed by atoms with Crippen LogP contribution in [0.4, 0.5) is 0 Å². The van der Waals surface area contributed by atoms with Crippen LogP contribution >= 0.6 is 0 Å². The van der Waals surface area contributed by atoms with Crippen molar-refractivity contribution in [3.63, 3.8) is 0 Å². The minimum Gasteiger partial charge on any atom is -0.380 e. The number of hydrogen-bond acceptors (Lipinski definition) is 2. The summed E-state index contributed by atoms with van der Waals surface area (Å²) >= 11 is 0. The number of amides is 1. The summed E-state index contributed by atoms with van der Waals surface area (Å²) in [5, 5.41) is 9.37. The Bertz CT molecular complexity index is 256. The van der Waals surface area contributed by atoms with E-state index in [2.05, 4.69) is 11.8 Å². The molecule has 1 rings (SSSR count). The third-order valence-electron chi connectivity index (χ3n) is 2.35. The first-order chi connectivity index (χ1) is 6.61. The van der Waals surface area contributed by atoms with Crippen LogP contribution in [0.5, 0.6) is 0 Å². The Morgan fingerprint density at radius 2 is 1.93 bits per heavy atom. The van der Waals surface area contributed by atoms with Gasteiger partial charge in [-0.05, 0) is 24.7 Å². The molecule has 0 spiro atoms. The molecule has 0 radical (unpaired) electrons. The number of carbonyl (C=O) groups excluding carboxylic acids is 1. The lowest BCUT2D eigenvalue weighted by Crippen LogP contribution is -2.26. The molecule has 0 aromatic carbocycles. The molecule has 1 N–H and O–H groups in total. The van der Waals surface area contributed by atoms with E-state index < -0.39 is 6.10 Å². The molecule has 0 aliphatic carbocycles. The van der Waals surface area contributed by atoms with Gasteiger partial charge in [0.1, 0.15) is 6.10 Å². The van der Waals surface area contributed by atoms with Crippen LogP contribution in [0.1, 0.15) is 26.7 Å². The average Bonchev–Trinajstić information content (AvgIpc) is 2.66. The first kappa shape index (κ1) is 11.1. The standard InChI is InChI=1S/C11H17NO2/c1-9(2)10(13)5-6-11(14)12-7-3-4-8-12/h9-10,13H,3-4,7-8H2,1-2H3. The van der Waals surface area contributed by atoms with E-state index in [1.807, 2.05) is 13.8 Å². The highest BCUT2D eigenvalue weighted by Gasteiger charge is 2.15. The van der Waals surface area contributed by atoms with Crippen molar-refractivity contribution in [2.24, 2.45) is 5.92 Å². The number of rotatable bonds is 1. The van der Waals surface area contributed by atoms with E-state index in [1.165, 1.54) is 0 Å². The number of aliphatic hydroxyl groups excluding tert-OH is 1. The molecule has 3 heteroatoms. The van der Waals surface area contributed by atoms with E-state index in [1.54, 1.807) is 4.90 Å². The van der Waals surface area contributed by atoms with Crippen LogP contribution in [0, 0.1) is 17.8 Å². The SMILES string of the molecule is CC(C)C(O)C#CC(=O)N1CCCC1. The molecule has 1 aliphatic rings. The van der Waals surface area contributed by atoms with Gasteiger partial charge in [0.25, 0.3) is 5.91 Å². The smallest absolute Gasteiger partial charge is 0.298 e. The van der Waals surface area contributed by atoms with Gasteiger partial charge < -0.3 is 10.0 Å². The zero-order chi connectivity index (χ0) is 10.6. The second-order valence-electron chi connectivity index (χ2n) is 3.96. The van der Waals surface area contributed by atoms with Crippen molar-refractivity contribution in [3.05, 3.63) is 0 Å². The lowest BCUT2D eigenvalue weighted by molar-refractivity contribution is -0.124. The van der Waals surface area contributed by atoms with Crippen LogP contribution in [0.3, 0.4) is 0 Å². The fraction of sp³-hybridized carbons (Fsp3) is 0.727. The summed E-state index contributed by atoms with van der Waals surface area (Å²) in [7, 11) is 0. The molecule has 0 aromatic rings. The van der Waals surface area contributed by atoms with E-state index in [0.717, 1.165) is 25.9 Å². The lowest BCUT2D eigenvalue weighted by Gasteiger charge is -2.10. The Balaban J connectivity index is 2.45. The second-order valence-corrected chi connectivity index (χ2v) is 3.96. The summed E-state index contributed by atoms with van der Waals surface area (Å²) in [6, 6.07) is 0. The zero-order valence-electron chi connectivity index (χ0n) is 8.79. The van der Waals surface area contributed by atoms with Gasteiger partial charge in [-0.2, -0.15) is 0 Å². The van der Waals surface area contributed by atoms with Gasteiger partial charge in [-0.3, -0.25) is 4.79 Å². The molecule has 1 unspecified atom stereocenters. The highest BCUT2D eigenvalue weighted by atomic mass is 16.3. The number of hydrogen-bond donors (Lipinski definition) is 1. The Kier molecular flexibility index (Phi) is 3.97. The second kappa shape index (κ2) is 5.02. The molecule has 0 bridgehead atoms. The normalized spacial score (nSPS) is 17.9. The van der Waals surface area contributed by atoms with Crippen LogP contribution in [0.2, 0.25) is 0 Å². The first-order valence-corrected chi connectivity index (χ1v) is 5.10. The molecule has 3 nitrogen and oxygen atoms in total. The van der Waals surface area contributed by atoms with E-state index in [0.29, 0.717) is 0 Å². The molecular formula is C11H17NO2. The Hall–Kier alpha value is -1.01. The maximum Gasteiger partial charge on any atom is 0.298 e. The van der Waals surface area contributed by atoms with Gasteiger partial charge in [0.15, 0.2) is 0 Å². The van der Waals surface area contributed by atoms with Gasteiger partial charge in [-0.1, -0.05) is 19.8 Å². The number of carbonyl (C=O) groups is 1. The van der Waals surface area contributed by atoms with Crippen LogP contribution in [0.15, 0.2) is 0 Å². The minimum absolute atomic E-state index is 0.0777. The van der Waals surface area contributed by atoms with Crippen LogP contribution in [-0.2, 0) is 4.79 Å². The van der Waals surface area contributed by atoms with Crippen molar-refractivity contribution >= 4 is 5.91 Å². The number of aliphatic hydroxyl groups is 1. The van der Waals surface area contributed by atoms with Crippen LogP contribution in [-0.4, -0.2) is 35.1 Å². The monoisotopic (exact) mass is 195 g/mol. The largest absolute Gasteiger partial charge is 0.380 e. The van der Waals surface area contributed by atoms with Crippen LogP contribution < -0.4 is 0 Å². The van der Waals surface area contributed by atoms with Crippen molar-refractivity contribution in [3.8, 4) is 11.8 Å². The molecule has 78 valence electrons. The van der Waals surface area contributed by atoms with Gasteiger partial charge in [0.05, 0.1) is 0 Å². The van der Waals surface area contributed by atoms with E-state index in [9.17, 15) is 9.90 Å². The highest BCUT2D eigenvalue weighted by molar-refractivity contribution is 5.93. The van der Waals surface area contributed by atoms with Crippen molar-refractivity contribution < 1.29 is 9.90 Å². The fourth-order valence-electron chi connectivity index (χ4n) is 1.30. The molecule has 0 saturated carbocycles. The summed E-state index contributed by atoms with van der Waals surface area (Å²) in [6.07, 6.45) is 1.45. The van der Waals surface area contributed by atoms with Crippen molar-refractivity contribution in [2.45, 2.75) is 32.8 Å².